The third kappa shape index (κ3) is 2.99. The van der Waals surface area contributed by atoms with Crippen molar-refractivity contribution in [1.82, 2.24) is 4.98 Å². The molecule has 19 heavy (non-hydrogen) atoms. The molecule has 0 bridgehead atoms. The van der Waals surface area contributed by atoms with Crippen LogP contribution in [0.15, 0.2) is 36.4 Å². The normalized spacial score (nSPS) is 12.0. The highest BCUT2D eigenvalue weighted by Crippen LogP contribution is 2.25. The average Bonchev–Trinajstić information content (AvgIpc) is 2.42. The summed E-state index contributed by atoms with van der Waals surface area (Å²) in [6.45, 7) is 1.78. The second-order valence-electron chi connectivity index (χ2n) is 4.03. The second kappa shape index (κ2) is 5.65. The van der Waals surface area contributed by atoms with E-state index < -0.39 is 11.6 Å². The van der Waals surface area contributed by atoms with E-state index in [1.54, 1.807) is 6.92 Å². The van der Waals surface area contributed by atoms with E-state index in [-0.39, 0.29) is 17.8 Å². The maximum atomic E-state index is 13.6. The van der Waals surface area contributed by atoms with Gasteiger partial charge in [0.2, 0.25) is 0 Å². The SMILES string of the molecule is CNc1nc(OC(C)c2ccccc2)c(F)cc1F. The quantitative estimate of drug-likeness (QED) is 0.917. The lowest BCUT2D eigenvalue weighted by molar-refractivity contribution is 0.206. The van der Waals surface area contributed by atoms with E-state index >= 15 is 0 Å². The highest BCUT2D eigenvalue weighted by molar-refractivity contribution is 5.39. The van der Waals surface area contributed by atoms with Crippen molar-refractivity contribution >= 4 is 5.82 Å². The fourth-order valence-electron chi connectivity index (χ4n) is 1.67. The summed E-state index contributed by atoms with van der Waals surface area (Å²) in [7, 11) is 1.51. The molecule has 0 saturated heterocycles. The lowest BCUT2D eigenvalue weighted by Gasteiger charge is -2.15. The highest BCUT2D eigenvalue weighted by Gasteiger charge is 2.15. The lowest BCUT2D eigenvalue weighted by atomic mass is 10.1. The van der Waals surface area contributed by atoms with Gasteiger partial charge >= 0.3 is 0 Å². The minimum atomic E-state index is -0.820. The van der Waals surface area contributed by atoms with Gasteiger partial charge in [0, 0.05) is 13.1 Å². The summed E-state index contributed by atoms with van der Waals surface area (Å²) >= 11 is 0. The number of halogens is 2. The van der Waals surface area contributed by atoms with Gasteiger partial charge in [0.15, 0.2) is 17.5 Å². The summed E-state index contributed by atoms with van der Waals surface area (Å²) in [6, 6.07) is 10.1. The van der Waals surface area contributed by atoms with Gasteiger partial charge in [-0.3, -0.25) is 0 Å². The van der Waals surface area contributed by atoms with Gasteiger partial charge in [0.05, 0.1) is 0 Å². The van der Waals surface area contributed by atoms with E-state index in [0.717, 1.165) is 11.6 Å². The van der Waals surface area contributed by atoms with Crippen molar-refractivity contribution in [3.05, 3.63) is 53.6 Å². The molecule has 0 radical (unpaired) electrons. The Morgan fingerprint density at radius 1 is 1.16 bits per heavy atom. The molecule has 0 amide bonds. The molecule has 3 nitrogen and oxygen atoms in total. The first kappa shape index (κ1) is 13.3. The largest absolute Gasteiger partial charge is 0.468 e. The van der Waals surface area contributed by atoms with Gasteiger partial charge in [-0.15, -0.1) is 0 Å². The zero-order chi connectivity index (χ0) is 13.8. The molecule has 1 atom stereocenters. The van der Waals surface area contributed by atoms with Gasteiger partial charge in [0.25, 0.3) is 5.88 Å². The molecule has 1 aromatic heterocycles. The van der Waals surface area contributed by atoms with E-state index in [1.165, 1.54) is 7.05 Å². The fraction of sp³-hybridized carbons (Fsp3) is 0.214. The third-order valence-electron chi connectivity index (χ3n) is 2.69. The molecule has 0 spiro atoms. The number of rotatable bonds is 4. The number of ether oxygens (including phenoxy) is 1. The molecule has 5 heteroatoms. The van der Waals surface area contributed by atoms with Crippen LogP contribution in [-0.4, -0.2) is 12.0 Å². The number of nitrogens with one attached hydrogen (secondary N) is 1. The molecule has 0 saturated carbocycles. The Kier molecular flexibility index (Phi) is 3.94. The fourth-order valence-corrected chi connectivity index (χ4v) is 1.67. The maximum absolute atomic E-state index is 13.6. The van der Waals surface area contributed by atoms with Crippen LogP contribution < -0.4 is 10.1 Å². The molecule has 1 heterocycles. The van der Waals surface area contributed by atoms with Crippen LogP contribution in [0.5, 0.6) is 5.88 Å². The Hall–Kier alpha value is -2.17. The minimum absolute atomic E-state index is 0.0448. The Labute approximate surface area is 110 Å². The number of anilines is 1. The van der Waals surface area contributed by atoms with Crippen LogP contribution in [0, 0.1) is 11.6 Å². The van der Waals surface area contributed by atoms with Crippen LogP contribution >= 0.6 is 0 Å². The molecule has 1 N–H and O–H groups in total. The monoisotopic (exact) mass is 264 g/mol. The maximum Gasteiger partial charge on any atom is 0.253 e. The summed E-state index contributed by atoms with van der Waals surface area (Å²) in [5.74, 6) is -1.84. The van der Waals surface area contributed by atoms with Gasteiger partial charge in [-0.1, -0.05) is 30.3 Å². The van der Waals surface area contributed by atoms with Gasteiger partial charge in [-0.05, 0) is 12.5 Å². The molecular weight excluding hydrogens is 250 g/mol. The van der Waals surface area contributed by atoms with Gasteiger partial charge < -0.3 is 10.1 Å². The Morgan fingerprint density at radius 2 is 1.84 bits per heavy atom. The van der Waals surface area contributed by atoms with Crippen molar-refractivity contribution in [2.45, 2.75) is 13.0 Å². The summed E-state index contributed by atoms with van der Waals surface area (Å²) in [4.78, 5) is 3.77. The Balaban J connectivity index is 2.24. The molecule has 1 aromatic carbocycles. The summed E-state index contributed by atoms with van der Waals surface area (Å²) in [5.41, 5.74) is 0.888. The standard InChI is InChI=1S/C14H14F2N2O/c1-9(10-6-4-3-5-7-10)19-14-12(16)8-11(15)13(17-2)18-14/h3-9H,1-2H3,(H,17,18). The number of nitrogens with zero attached hydrogens (tertiary/aromatic N) is 1. The molecular formula is C14H14F2N2O. The summed E-state index contributed by atoms with van der Waals surface area (Å²) < 4.78 is 32.3. The predicted molar refractivity (Wildman–Crippen MR) is 69.2 cm³/mol. The van der Waals surface area contributed by atoms with Gasteiger partial charge in [-0.2, -0.15) is 4.98 Å². The van der Waals surface area contributed by atoms with Crippen LogP contribution in [0.25, 0.3) is 0 Å². The molecule has 100 valence electrons. The minimum Gasteiger partial charge on any atom is -0.468 e. The van der Waals surface area contributed by atoms with Crippen molar-refractivity contribution in [1.29, 1.82) is 0 Å². The average molecular weight is 264 g/mol. The Bertz CT molecular complexity index is 561. The molecule has 2 aromatic rings. The number of aromatic nitrogens is 1. The molecule has 1 unspecified atom stereocenters. The number of hydrogen-bond donors (Lipinski definition) is 1. The molecule has 2 rings (SSSR count). The van der Waals surface area contributed by atoms with Crippen molar-refractivity contribution < 1.29 is 13.5 Å². The first-order valence-electron chi connectivity index (χ1n) is 5.87. The molecule has 0 aliphatic heterocycles. The lowest BCUT2D eigenvalue weighted by Crippen LogP contribution is -2.08. The van der Waals surface area contributed by atoms with Gasteiger partial charge in [0.1, 0.15) is 6.10 Å². The Morgan fingerprint density at radius 3 is 2.47 bits per heavy atom. The van der Waals surface area contributed by atoms with E-state index in [1.807, 2.05) is 30.3 Å². The topological polar surface area (TPSA) is 34.2 Å². The second-order valence-corrected chi connectivity index (χ2v) is 4.03. The third-order valence-corrected chi connectivity index (χ3v) is 2.69. The number of hydrogen-bond acceptors (Lipinski definition) is 3. The van der Waals surface area contributed by atoms with Crippen LogP contribution in [0.2, 0.25) is 0 Å². The van der Waals surface area contributed by atoms with E-state index in [0.29, 0.717) is 0 Å². The molecule has 0 fully saturated rings. The van der Waals surface area contributed by atoms with Crippen molar-refractivity contribution in [3.63, 3.8) is 0 Å². The number of benzene rings is 1. The molecule has 0 aliphatic rings. The highest BCUT2D eigenvalue weighted by atomic mass is 19.1. The van der Waals surface area contributed by atoms with E-state index in [9.17, 15) is 8.78 Å². The van der Waals surface area contributed by atoms with Crippen LogP contribution in [0.1, 0.15) is 18.6 Å². The van der Waals surface area contributed by atoms with E-state index in [2.05, 4.69) is 10.3 Å². The van der Waals surface area contributed by atoms with Crippen LogP contribution in [-0.2, 0) is 0 Å². The van der Waals surface area contributed by atoms with Crippen molar-refractivity contribution in [2.75, 3.05) is 12.4 Å². The summed E-state index contributed by atoms with van der Waals surface area (Å²) in [6.07, 6.45) is -0.377. The van der Waals surface area contributed by atoms with Crippen molar-refractivity contribution in [3.8, 4) is 5.88 Å². The van der Waals surface area contributed by atoms with Crippen LogP contribution in [0.3, 0.4) is 0 Å². The smallest absolute Gasteiger partial charge is 0.253 e. The first-order chi connectivity index (χ1) is 9.11. The van der Waals surface area contributed by atoms with Crippen molar-refractivity contribution in [2.24, 2.45) is 0 Å². The predicted octanol–water partition coefficient (Wildman–Crippen LogP) is 3.54. The van der Waals surface area contributed by atoms with E-state index in [4.69, 9.17) is 4.74 Å². The zero-order valence-electron chi connectivity index (χ0n) is 10.7. The van der Waals surface area contributed by atoms with Crippen LogP contribution in [0.4, 0.5) is 14.6 Å². The zero-order valence-corrected chi connectivity index (χ0v) is 10.7. The first-order valence-corrected chi connectivity index (χ1v) is 5.87. The molecule has 0 aliphatic carbocycles. The van der Waals surface area contributed by atoms with Gasteiger partial charge in [-0.25, -0.2) is 8.78 Å². The summed E-state index contributed by atoms with van der Waals surface area (Å²) in [5, 5.41) is 2.54. The number of pyridine rings is 1.